The maximum Gasteiger partial charge on any atom is 0.410 e. The van der Waals surface area contributed by atoms with Crippen molar-refractivity contribution in [2.24, 2.45) is 0 Å². The standard InChI is InChI=1S/C18H21N3O4/c1-12-9-21(19-13(12)2)17(23)16-8-15(22)10-20(16)18(24)25-11-14-6-4-3-5-7-14/h3-7,9,15-16,22H,8,10-11H2,1-2H3/t15-,16+/m1/s1. The van der Waals surface area contributed by atoms with Crippen LogP contribution in [0.5, 0.6) is 0 Å². The van der Waals surface area contributed by atoms with Crippen LogP contribution in [0.1, 0.15) is 28.0 Å². The molecular weight excluding hydrogens is 322 g/mol. The topological polar surface area (TPSA) is 84.7 Å². The predicted octanol–water partition coefficient (Wildman–Crippen LogP) is 1.91. The summed E-state index contributed by atoms with van der Waals surface area (Å²) in [5.41, 5.74) is 2.51. The monoisotopic (exact) mass is 343 g/mol. The van der Waals surface area contributed by atoms with E-state index < -0.39 is 18.2 Å². The Balaban J connectivity index is 1.70. The van der Waals surface area contributed by atoms with Crippen molar-refractivity contribution in [1.82, 2.24) is 14.7 Å². The quantitative estimate of drug-likeness (QED) is 0.920. The van der Waals surface area contributed by atoms with Crippen LogP contribution in [0.25, 0.3) is 0 Å². The molecule has 0 bridgehead atoms. The van der Waals surface area contributed by atoms with Crippen molar-refractivity contribution in [2.75, 3.05) is 6.54 Å². The van der Waals surface area contributed by atoms with Crippen molar-refractivity contribution < 1.29 is 19.4 Å². The number of aromatic nitrogens is 2. The van der Waals surface area contributed by atoms with Gasteiger partial charge in [-0.2, -0.15) is 5.10 Å². The van der Waals surface area contributed by atoms with Crippen molar-refractivity contribution >= 4 is 12.0 Å². The van der Waals surface area contributed by atoms with E-state index in [-0.39, 0.29) is 25.5 Å². The van der Waals surface area contributed by atoms with Crippen LogP contribution in [0.4, 0.5) is 4.79 Å². The maximum absolute atomic E-state index is 12.7. The summed E-state index contributed by atoms with van der Waals surface area (Å²) >= 11 is 0. The minimum absolute atomic E-state index is 0.0727. The number of hydrogen-bond acceptors (Lipinski definition) is 5. The average molecular weight is 343 g/mol. The molecule has 1 amide bonds. The number of carbonyl (C=O) groups excluding carboxylic acids is 2. The van der Waals surface area contributed by atoms with Crippen molar-refractivity contribution in [3.63, 3.8) is 0 Å². The van der Waals surface area contributed by atoms with Gasteiger partial charge >= 0.3 is 6.09 Å². The first kappa shape index (κ1) is 17.2. The normalized spacial score (nSPS) is 19.9. The Morgan fingerprint density at radius 1 is 1.28 bits per heavy atom. The first-order valence-electron chi connectivity index (χ1n) is 8.18. The van der Waals surface area contributed by atoms with Crippen molar-refractivity contribution in [1.29, 1.82) is 0 Å². The molecule has 2 heterocycles. The third kappa shape index (κ3) is 3.71. The Hall–Kier alpha value is -2.67. The summed E-state index contributed by atoms with van der Waals surface area (Å²) in [6.07, 6.45) is 0.447. The SMILES string of the molecule is Cc1cn(C(=O)[C@@H]2C[C@@H](O)CN2C(=O)OCc2ccccc2)nc1C. The summed E-state index contributed by atoms with van der Waals surface area (Å²) in [6, 6.07) is 8.52. The van der Waals surface area contributed by atoms with E-state index in [1.54, 1.807) is 6.20 Å². The van der Waals surface area contributed by atoms with Crippen molar-refractivity contribution in [3.05, 3.63) is 53.3 Å². The fourth-order valence-corrected chi connectivity index (χ4v) is 2.86. The summed E-state index contributed by atoms with van der Waals surface area (Å²) < 4.78 is 6.54. The van der Waals surface area contributed by atoms with E-state index in [1.165, 1.54) is 9.58 Å². The summed E-state index contributed by atoms with van der Waals surface area (Å²) in [5.74, 6) is -0.343. The highest BCUT2D eigenvalue weighted by Gasteiger charge is 2.40. The van der Waals surface area contributed by atoms with E-state index in [0.717, 1.165) is 16.8 Å². The van der Waals surface area contributed by atoms with Gasteiger partial charge in [-0.3, -0.25) is 9.69 Å². The number of hydrogen-bond donors (Lipinski definition) is 1. The number of aliphatic hydroxyl groups is 1. The lowest BCUT2D eigenvalue weighted by atomic mass is 10.2. The number of carbonyl (C=O) groups is 2. The first-order chi connectivity index (χ1) is 12.0. The van der Waals surface area contributed by atoms with Gasteiger partial charge in [-0.1, -0.05) is 30.3 Å². The lowest BCUT2D eigenvalue weighted by Gasteiger charge is -2.22. The van der Waals surface area contributed by atoms with Gasteiger partial charge in [-0.05, 0) is 25.0 Å². The number of aryl methyl sites for hydroxylation is 2. The molecule has 0 spiro atoms. The van der Waals surface area contributed by atoms with Gasteiger partial charge in [0.25, 0.3) is 5.91 Å². The van der Waals surface area contributed by atoms with Crippen molar-refractivity contribution in [2.45, 2.75) is 39.0 Å². The van der Waals surface area contributed by atoms with E-state index >= 15 is 0 Å². The minimum Gasteiger partial charge on any atom is -0.445 e. The second-order valence-electron chi connectivity index (χ2n) is 6.28. The molecule has 0 unspecified atom stereocenters. The number of nitrogens with zero attached hydrogens (tertiary/aromatic N) is 3. The number of rotatable bonds is 3. The van der Waals surface area contributed by atoms with Crippen LogP contribution in [0.15, 0.2) is 36.5 Å². The van der Waals surface area contributed by atoms with E-state index in [2.05, 4.69) is 5.10 Å². The van der Waals surface area contributed by atoms with Gasteiger partial charge in [0.15, 0.2) is 0 Å². The van der Waals surface area contributed by atoms with Gasteiger partial charge in [-0.25, -0.2) is 9.48 Å². The highest BCUT2D eigenvalue weighted by molar-refractivity contribution is 5.87. The Morgan fingerprint density at radius 3 is 2.64 bits per heavy atom. The van der Waals surface area contributed by atoms with Crippen LogP contribution < -0.4 is 0 Å². The summed E-state index contributed by atoms with van der Waals surface area (Å²) in [7, 11) is 0. The van der Waals surface area contributed by atoms with Gasteiger partial charge in [0.05, 0.1) is 18.3 Å². The van der Waals surface area contributed by atoms with E-state index in [9.17, 15) is 14.7 Å². The molecule has 1 aliphatic heterocycles. The molecule has 1 aromatic heterocycles. The molecule has 2 aromatic rings. The fourth-order valence-electron chi connectivity index (χ4n) is 2.86. The molecule has 0 saturated carbocycles. The Bertz CT molecular complexity index is 752. The first-order valence-corrected chi connectivity index (χ1v) is 8.18. The summed E-state index contributed by atoms with van der Waals surface area (Å²) in [4.78, 5) is 26.4. The Labute approximate surface area is 145 Å². The fraction of sp³-hybridized carbons (Fsp3) is 0.389. The van der Waals surface area contributed by atoms with Crippen LogP contribution in [0.3, 0.4) is 0 Å². The smallest absolute Gasteiger partial charge is 0.410 e. The zero-order valence-corrected chi connectivity index (χ0v) is 14.3. The van der Waals surface area contributed by atoms with Gasteiger partial charge < -0.3 is 9.84 Å². The molecule has 1 aliphatic rings. The molecule has 0 radical (unpaired) electrons. The van der Waals surface area contributed by atoms with E-state index in [0.29, 0.717) is 0 Å². The average Bonchev–Trinajstić information content (AvgIpc) is 3.16. The number of aliphatic hydroxyl groups excluding tert-OH is 1. The molecule has 3 rings (SSSR count). The predicted molar refractivity (Wildman–Crippen MR) is 90.1 cm³/mol. The van der Waals surface area contributed by atoms with Crippen LogP contribution in [-0.2, 0) is 11.3 Å². The molecule has 7 heteroatoms. The number of amides is 1. The minimum atomic E-state index is -0.781. The number of ether oxygens (including phenoxy) is 1. The third-order valence-corrected chi connectivity index (χ3v) is 4.37. The molecule has 1 saturated heterocycles. The van der Waals surface area contributed by atoms with Crippen molar-refractivity contribution in [3.8, 4) is 0 Å². The third-order valence-electron chi connectivity index (χ3n) is 4.37. The molecule has 25 heavy (non-hydrogen) atoms. The highest BCUT2D eigenvalue weighted by Crippen LogP contribution is 2.21. The second-order valence-corrected chi connectivity index (χ2v) is 6.28. The molecule has 1 fully saturated rings. The van der Waals surface area contributed by atoms with Gasteiger partial charge in [0.1, 0.15) is 12.6 Å². The molecule has 1 N–H and O–H groups in total. The van der Waals surface area contributed by atoms with Crippen LogP contribution in [-0.4, -0.2) is 50.5 Å². The molecule has 7 nitrogen and oxygen atoms in total. The van der Waals surface area contributed by atoms with Crippen LogP contribution >= 0.6 is 0 Å². The van der Waals surface area contributed by atoms with Gasteiger partial charge in [0, 0.05) is 12.6 Å². The van der Waals surface area contributed by atoms with Gasteiger partial charge in [-0.15, -0.1) is 0 Å². The molecule has 0 aliphatic carbocycles. The molecule has 2 atom stereocenters. The zero-order valence-electron chi connectivity index (χ0n) is 14.3. The maximum atomic E-state index is 12.7. The molecule has 1 aromatic carbocycles. The zero-order chi connectivity index (χ0) is 18.0. The lowest BCUT2D eigenvalue weighted by Crippen LogP contribution is -2.43. The lowest BCUT2D eigenvalue weighted by molar-refractivity contribution is 0.0657. The molecular formula is C18H21N3O4. The Kier molecular flexibility index (Phi) is 4.85. The number of likely N-dealkylation sites (tertiary alicyclic amines) is 1. The number of benzene rings is 1. The van der Waals surface area contributed by atoms with E-state index in [1.807, 2.05) is 44.2 Å². The highest BCUT2D eigenvalue weighted by atomic mass is 16.6. The Morgan fingerprint density at radius 2 is 2.00 bits per heavy atom. The van der Waals surface area contributed by atoms with Crippen LogP contribution in [0, 0.1) is 13.8 Å². The van der Waals surface area contributed by atoms with Crippen LogP contribution in [0.2, 0.25) is 0 Å². The second kappa shape index (κ2) is 7.06. The summed E-state index contributed by atoms with van der Waals surface area (Å²) in [6.45, 7) is 3.87. The van der Waals surface area contributed by atoms with E-state index in [4.69, 9.17) is 4.74 Å². The summed E-state index contributed by atoms with van der Waals surface area (Å²) in [5, 5.41) is 14.1. The van der Waals surface area contributed by atoms with Gasteiger partial charge in [0.2, 0.25) is 0 Å². The number of β-amino-alcohol motifs (C(OH)–C–C–N with tert-alkyl or cyclic N) is 1. The molecule has 132 valence electrons. The largest absolute Gasteiger partial charge is 0.445 e.